The maximum absolute atomic E-state index is 13.6. The molecule has 55 heavy (non-hydrogen) atoms. The third-order valence-electron chi connectivity index (χ3n) is 8.34. The molecule has 0 radical (unpaired) electrons. The maximum atomic E-state index is 13.6. The summed E-state index contributed by atoms with van der Waals surface area (Å²) in [5, 5.41) is 21.5. The number of benzene rings is 2. The van der Waals surface area contributed by atoms with E-state index in [0.29, 0.717) is 11.1 Å². The Labute approximate surface area is 323 Å². The van der Waals surface area contributed by atoms with Crippen LogP contribution in [0.4, 0.5) is 0 Å². The smallest absolute Gasteiger partial charge is 0.315 e. The molecule has 4 atom stereocenters. The molecule has 1 aliphatic rings. The quantitative estimate of drug-likeness (QED) is 0.0589. The molecule has 3 rings (SSSR count). The van der Waals surface area contributed by atoms with Gasteiger partial charge in [0.05, 0.1) is 37.2 Å². The number of carbonyl (C=O) groups excluding carboxylic acids is 8. The molecule has 18 heteroatoms. The minimum atomic E-state index is -1.15. The lowest BCUT2D eigenvalue weighted by Gasteiger charge is -2.25. The maximum Gasteiger partial charge on any atom is 0.315 e. The second kappa shape index (κ2) is 22.0. The lowest BCUT2D eigenvalue weighted by Crippen LogP contribution is -2.56. The van der Waals surface area contributed by atoms with Gasteiger partial charge >= 0.3 is 5.97 Å². The first-order chi connectivity index (χ1) is 26.2. The summed E-state index contributed by atoms with van der Waals surface area (Å²) in [4.78, 5) is 102. The zero-order valence-corrected chi connectivity index (χ0v) is 31.8. The number of methoxy groups -OCH3 is 1. The molecule has 8 N–H and O–H groups in total. The Kier molecular flexibility index (Phi) is 17.6. The number of likely N-dealkylation sites (tertiary alicyclic amines) is 1. The molecule has 0 bridgehead atoms. The summed E-state index contributed by atoms with van der Waals surface area (Å²) in [7, 11) is 1.23. The first-order valence-electron chi connectivity index (χ1n) is 17.7. The third kappa shape index (κ3) is 15.0. The van der Waals surface area contributed by atoms with Gasteiger partial charge in [-0.25, -0.2) is 0 Å². The molecule has 0 aromatic heterocycles. The summed E-state index contributed by atoms with van der Waals surface area (Å²) in [5.74, 6) is -4.64. The molecule has 1 aliphatic heterocycles. The van der Waals surface area contributed by atoms with Crippen LogP contribution in [0.25, 0.3) is 0 Å². The first-order valence-corrected chi connectivity index (χ1v) is 18.7. The predicted octanol–water partition coefficient (Wildman–Crippen LogP) is -1.10. The van der Waals surface area contributed by atoms with Crippen LogP contribution in [0.15, 0.2) is 54.6 Å². The van der Waals surface area contributed by atoms with Crippen molar-refractivity contribution in [3.05, 3.63) is 65.7 Å². The third-order valence-corrected chi connectivity index (χ3v) is 9.51. The molecule has 1 saturated heterocycles. The van der Waals surface area contributed by atoms with Crippen LogP contribution in [-0.2, 0) is 55.9 Å². The van der Waals surface area contributed by atoms with E-state index in [9.17, 15) is 43.5 Å². The van der Waals surface area contributed by atoms with Crippen molar-refractivity contribution in [1.82, 2.24) is 31.5 Å². The van der Waals surface area contributed by atoms with E-state index in [2.05, 4.69) is 31.3 Å². The number of aromatic hydroxyl groups is 1. The van der Waals surface area contributed by atoms with Crippen molar-refractivity contribution in [3.63, 3.8) is 0 Å². The number of hydrogen-bond acceptors (Lipinski definition) is 12. The van der Waals surface area contributed by atoms with Crippen LogP contribution in [0.3, 0.4) is 0 Å². The number of phenols is 1. The highest BCUT2D eigenvalue weighted by Crippen LogP contribution is 2.25. The number of amides is 7. The Bertz CT molecular complexity index is 1680. The van der Waals surface area contributed by atoms with Crippen molar-refractivity contribution >= 4 is 59.1 Å². The average Bonchev–Trinajstić information content (AvgIpc) is 3.43. The van der Waals surface area contributed by atoms with Crippen LogP contribution >= 0.6 is 11.8 Å². The summed E-state index contributed by atoms with van der Waals surface area (Å²) in [6.45, 7) is 2.57. The van der Waals surface area contributed by atoms with Gasteiger partial charge < -0.3 is 42.2 Å². The SMILES string of the molecule is COC(=O)CSC1CC(=O)N(CCNC(=O)[C@H](CC(C)C)NC(=O)[C@H](Cc2ccccc2)NC(=O)CNC(=O)CNC(=O)[C@@H](N)Cc2ccc(O)cc2)C1=O. The fourth-order valence-electron chi connectivity index (χ4n) is 5.46. The van der Waals surface area contributed by atoms with Crippen molar-refractivity contribution in [1.29, 1.82) is 0 Å². The second-order valence-electron chi connectivity index (χ2n) is 13.2. The van der Waals surface area contributed by atoms with E-state index < -0.39 is 83.8 Å². The highest BCUT2D eigenvalue weighted by Gasteiger charge is 2.39. The predicted molar refractivity (Wildman–Crippen MR) is 202 cm³/mol. The van der Waals surface area contributed by atoms with Gasteiger partial charge in [0.25, 0.3) is 0 Å². The molecule has 17 nitrogen and oxygen atoms in total. The zero-order valence-electron chi connectivity index (χ0n) is 31.0. The molecule has 298 valence electrons. The second-order valence-corrected chi connectivity index (χ2v) is 14.4. The van der Waals surface area contributed by atoms with Crippen molar-refractivity contribution in [2.75, 3.05) is 39.0 Å². The van der Waals surface area contributed by atoms with Crippen molar-refractivity contribution in [2.24, 2.45) is 11.7 Å². The first kappa shape index (κ1) is 43.9. The number of hydrogen-bond donors (Lipinski definition) is 7. The van der Waals surface area contributed by atoms with Gasteiger partial charge in [-0.15, -0.1) is 11.8 Å². The summed E-state index contributed by atoms with van der Waals surface area (Å²) in [6, 6.07) is 11.9. The fraction of sp³-hybridized carbons (Fsp3) is 0.459. The van der Waals surface area contributed by atoms with E-state index >= 15 is 0 Å². The van der Waals surface area contributed by atoms with Crippen LogP contribution in [0.5, 0.6) is 5.75 Å². The van der Waals surface area contributed by atoms with Gasteiger partial charge in [0.2, 0.25) is 41.4 Å². The topological polar surface area (TPSA) is 255 Å². The minimum absolute atomic E-state index is 0.0365. The van der Waals surface area contributed by atoms with Crippen molar-refractivity contribution in [2.45, 2.75) is 62.9 Å². The molecule has 0 aliphatic carbocycles. The molecule has 0 saturated carbocycles. The summed E-state index contributed by atoms with van der Waals surface area (Å²) < 4.78 is 4.58. The number of nitrogens with one attached hydrogen (secondary N) is 5. The number of thioether (sulfide) groups is 1. The van der Waals surface area contributed by atoms with Gasteiger partial charge in [-0.3, -0.25) is 43.3 Å². The highest BCUT2D eigenvalue weighted by molar-refractivity contribution is 8.01. The summed E-state index contributed by atoms with van der Waals surface area (Å²) in [5.41, 5.74) is 7.36. The Hall–Kier alpha value is -5.49. The normalized spacial score (nSPS) is 15.4. The van der Waals surface area contributed by atoms with Gasteiger partial charge in [0.15, 0.2) is 0 Å². The van der Waals surface area contributed by atoms with Gasteiger partial charge in [0.1, 0.15) is 17.8 Å². The van der Waals surface area contributed by atoms with Crippen LogP contribution in [0.2, 0.25) is 0 Å². The lowest BCUT2D eigenvalue weighted by molar-refractivity contribution is -0.139. The largest absolute Gasteiger partial charge is 0.508 e. The number of carbonyl (C=O) groups is 8. The van der Waals surface area contributed by atoms with Crippen molar-refractivity contribution < 1.29 is 48.2 Å². The average molecular weight is 784 g/mol. The molecule has 7 amide bonds. The van der Waals surface area contributed by atoms with E-state index in [0.717, 1.165) is 16.7 Å². The number of phenolic OH excluding ortho intramolecular Hbond substituents is 1. The number of nitrogens with zero attached hydrogens (tertiary/aromatic N) is 1. The number of ether oxygens (including phenoxy) is 1. The Morgan fingerprint density at radius 1 is 0.836 bits per heavy atom. The Morgan fingerprint density at radius 3 is 2.15 bits per heavy atom. The zero-order chi connectivity index (χ0) is 40.5. The van der Waals surface area contributed by atoms with Crippen LogP contribution < -0.4 is 32.3 Å². The molecular formula is C37H49N7O10S. The van der Waals surface area contributed by atoms with Gasteiger partial charge in [-0.2, -0.15) is 0 Å². The monoisotopic (exact) mass is 783 g/mol. The molecule has 1 fully saturated rings. The van der Waals surface area contributed by atoms with Gasteiger partial charge in [0, 0.05) is 25.9 Å². The molecule has 2 aromatic carbocycles. The lowest BCUT2D eigenvalue weighted by atomic mass is 10.0. The number of esters is 1. The Balaban J connectivity index is 1.54. The van der Waals surface area contributed by atoms with E-state index in [1.807, 2.05) is 13.8 Å². The standard InChI is InChI=1S/C37H49N7O10S/c1-22(2)15-27(35(51)39-13-14-44-32(48)18-29(37(44)53)55-21-33(49)54-3)43-36(52)28(17-23-7-5-4-6-8-23)42-31(47)20-40-30(46)19-41-34(50)26(38)16-24-9-11-25(45)12-10-24/h4-12,22,26-29,45H,13-21,38H2,1-3H3,(H,39,51)(H,40,46)(H,41,50)(H,42,47)(H,43,52)/t26-,27-,28-,29?/m0/s1. The van der Waals surface area contributed by atoms with Crippen LogP contribution in [0.1, 0.15) is 37.8 Å². The minimum Gasteiger partial charge on any atom is -0.508 e. The summed E-state index contributed by atoms with van der Waals surface area (Å²) in [6.07, 6.45) is 0.387. The van der Waals surface area contributed by atoms with Gasteiger partial charge in [-0.05, 0) is 42.0 Å². The molecular weight excluding hydrogens is 735 g/mol. The van der Waals surface area contributed by atoms with E-state index in [4.69, 9.17) is 5.73 Å². The molecule has 1 heterocycles. The molecule has 2 aromatic rings. The van der Waals surface area contributed by atoms with E-state index in [-0.39, 0.29) is 56.2 Å². The van der Waals surface area contributed by atoms with Gasteiger partial charge in [-0.1, -0.05) is 56.3 Å². The number of nitrogens with two attached hydrogens (primary N) is 1. The van der Waals surface area contributed by atoms with E-state index in [1.165, 1.54) is 19.2 Å². The Morgan fingerprint density at radius 2 is 1.49 bits per heavy atom. The molecule has 1 unspecified atom stereocenters. The fourth-order valence-corrected chi connectivity index (χ4v) is 6.44. The number of imide groups is 1. The van der Waals surface area contributed by atoms with Crippen LogP contribution in [0, 0.1) is 5.92 Å². The summed E-state index contributed by atoms with van der Waals surface area (Å²) >= 11 is 1.01. The molecule has 0 spiro atoms. The number of rotatable bonds is 21. The van der Waals surface area contributed by atoms with Crippen LogP contribution in [-0.4, -0.2) is 120 Å². The highest BCUT2D eigenvalue weighted by atomic mass is 32.2. The van der Waals surface area contributed by atoms with E-state index in [1.54, 1.807) is 42.5 Å². The van der Waals surface area contributed by atoms with Crippen molar-refractivity contribution in [3.8, 4) is 5.75 Å².